The monoisotopic (exact) mass is 420 g/mol. The second kappa shape index (κ2) is 10.1. The number of carbonyl (C=O) groups is 2. The minimum atomic E-state index is 0.106. The van der Waals surface area contributed by atoms with Gasteiger partial charge >= 0.3 is 0 Å². The molecule has 6 nitrogen and oxygen atoms in total. The zero-order chi connectivity index (χ0) is 21.6. The van der Waals surface area contributed by atoms with E-state index < -0.39 is 0 Å². The summed E-state index contributed by atoms with van der Waals surface area (Å²) in [5, 5.41) is 3.05. The van der Waals surface area contributed by atoms with Crippen LogP contribution >= 0.6 is 0 Å². The number of nitrogens with zero attached hydrogens (tertiary/aromatic N) is 3. The van der Waals surface area contributed by atoms with Gasteiger partial charge in [-0.15, -0.1) is 0 Å². The van der Waals surface area contributed by atoms with Crippen LogP contribution in [-0.2, 0) is 16.1 Å². The van der Waals surface area contributed by atoms with Gasteiger partial charge in [-0.1, -0.05) is 42.5 Å². The molecule has 164 valence electrons. The summed E-state index contributed by atoms with van der Waals surface area (Å²) in [5.41, 5.74) is 3.19. The minimum Gasteiger partial charge on any atom is -0.352 e. The lowest BCUT2D eigenvalue weighted by molar-refractivity contribution is -0.124. The number of nitrogens with one attached hydrogen (secondary N) is 1. The molecule has 1 N–H and O–H groups in total. The van der Waals surface area contributed by atoms with Crippen molar-refractivity contribution in [2.45, 2.75) is 32.4 Å². The standard InChI is InChI=1S/C25H32N4O2/c1-20-6-5-9-23(16-20)29(17-21-7-3-2-4-8-21)25(31)19-28-14-12-27(13-15-28)18-24(30)26-22-10-11-22/h2-9,16,22H,10-15,17-19H2,1H3,(H,26,30). The average Bonchev–Trinajstić information content (AvgIpc) is 3.58. The lowest BCUT2D eigenvalue weighted by Gasteiger charge is -2.35. The summed E-state index contributed by atoms with van der Waals surface area (Å²) in [6, 6.07) is 18.6. The van der Waals surface area contributed by atoms with E-state index in [-0.39, 0.29) is 11.8 Å². The fraction of sp³-hybridized carbons (Fsp3) is 0.440. The van der Waals surface area contributed by atoms with Crippen LogP contribution in [0, 0.1) is 6.92 Å². The number of carbonyl (C=O) groups excluding carboxylic acids is 2. The van der Waals surface area contributed by atoms with Crippen LogP contribution in [-0.4, -0.2) is 66.9 Å². The molecular weight excluding hydrogens is 388 g/mol. The Balaban J connectivity index is 1.34. The molecule has 2 fully saturated rings. The third kappa shape index (κ3) is 6.39. The van der Waals surface area contributed by atoms with E-state index in [0.29, 0.717) is 25.7 Å². The van der Waals surface area contributed by atoms with Crippen molar-refractivity contribution in [3.8, 4) is 0 Å². The molecule has 4 rings (SSSR count). The van der Waals surface area contributed by atoms with Crippen LogP contribution in [0.3, 0.4) is 0 Å². The fourth-order valence-electron chi connectivity index (χ4n) is 3.97. The molecule has 2 aliphatic rings. The van der Waals surface area contributed by atoms with Gasteiger partial charge in [0, 0.05) is 37.9 Å². The van der Waals surface area contributed by atoms with E-state index in [0.717, 1.165) is 55.8 Å². The van der Waals surface area contributed by atoms with Crippen molar-refractivity contribution < 1.29 is 9.59 Å². The van der Waals surface area contributed by atoms with Crippen LogP contribution in [0.15, 0.2) is 54.6 Å². The van der Waals surface area contributed by atoms with Gasteiger partial charge in [0.2, 0.25) is 11.8 Å². The van der Waals surface area contributed by atoms with Crippen molar-refractivity contribution in [3.63, 3.8) is 0 Å². The van der Waals surface area contributed by atoms with Gasteiger partial charge in [0.05, 0.1) is 19.6 Å². The number of hydrogen-bond donors (Lipinski definition) is 1. The van der Waals surface area contributed by atoms with Gasteiger partial charge in [-0.05, 0) is 43.0 Å². The number of benzene rings is 2. The molecule has 1 saturated heterocycles. The van der Waals surface area contributed by atoms with Crippen molar-refractivity contribution in [2.24, 2.45) is 0 Å². The second-order valence-electron chi connectivity index (χ2n) is 8.70. The first-order chi connectivity index (χ1) is 15.1. The summed E-state index contributed by atoms with van der Waals surface area (Å²) < 4.78 is 0. The van der Waals surface area contributed by atoms with Crippen molar-refractivity contribution >= 4 is 17.5 Å². The van der Waals surface area contributed by atoms with Gasteiger partial charge in [0.25, 0.3) is 0 Å². The molecule has 0 spiro atoms. The second-order valence-corrected chi connectivity index (χ2v) is 8.70. The number of aryl methyl sites for hydroxylation is 1. The van der Waals surface area contributed by atoms with Gasteiger partial charge in [-0.3, -0.25) is 19.4 Å². The van der Waals surface area contributed by atoms with Crippen molar-refractivity contribution in [3.05, 3.63) is 65.7 Å². The van der Waals surface area contributed by atoms with Crippen LogP contribution in [0.5, 0.6) is 0 Å². The SMILES string of the molecule is Cc1cccc(N(Cc2ccccc2)C(=O)CN2CCN(CC(=O)NC3CC3)CC2)c1. The summed E-state index contributed by atoms with van der Waals surface area (Å²) in [4.78, 5) is 31.6. The molecule has 2 aromatic rings. The Morgan fingerprint density at radius 3 is 2.26 bits per heavy atom. The molecule has 31 heavy (non-hydrogen) atoms. The van der Waals surface area contributed by atoms with Gasteiger partial charge in [0.15, 0.2) is 0 Å². The first kappa shape index (κ1) is 21.5. The molecule has 2 aromatic carbocycles. The third-order valence-electron chi connectivity index (χ3n) is 5.93. The molecule has 1 aliphatic heterocycles. The lowest BCUT2D eigenvalue weighted by Crippen LogP contribution is -2.52. The zero-order valence-corrected chi connectivity index (χ0v) is 18.3. The van der Waals surface area contributed by atoms with E-state index in [1.807, 2.05) is 48.2 Å². The number of hydrogen-bond acceptors (Lipinski definition) is 4. The molecule has 2 amide bonds. The summed E-state index contributed by atoms with van der Waals surface area (Å²) in [5.74, 6) is 0.231. The van der Waals surface area contributed by atoms with E-state index in [1.165, 1.54) is 0 Å². The first-order valence-electron chi connectivity index (χ1n) is 11.2. The number of amides is 2. The highest BCUT2D eigenvalue weighted by molar-refractivity contribution is 5.94. The highest BCUT2D eigenvalue weighted by atomic mass is 16.2. The highest BCUT2D eigenvalue weighted by Gasteiger charge is 2.26. The molecule has 0 radical (unpaired) electrons. The summed E-state index contributed by atoms with van der Waals surface area (Å²) >= 11 is 0. The first-order valence-corrected chi connectivity index (χ1v) is 11.2. The van der Waals surface area contributed by atoms with Crippen LogP contribution < -0.4 is 10.2 Å². The van der Waals surface area contributed by atoms with Crippen molar-refractivity contribution in [1.82, 2.24) is 15.1 Å². The Labute approximate surface area is 184 Å². The van der Waals surface area contributed by atoms with Crippen LogP contribution in [0.4, 0.5) is 5.69 Å². The third-order valence-corrected chi connectivity index (χ3v) is 5.93. The Bertz CT molecular complexity index is 889. The predicted octanol–water partition coefficient (Wildman–Crippen LogP) is 2.42. The molecule has 1 aliphatic carbocycles. The number of rotatable bonds is 8. The quantitative estimate of drug-likeness (QED) is 0.713. The summed E-state index contributed by atoms with van der Waals surface area (Å²) in [6.07, 6.45) is 2.23. The molecule has 0 aromatic heterocycles. The van der Waals surface area contributed by atoms with E-state index in [1.54, 1.807) is 0 Å². The number of piperazine rings is 1. The molecule has 1 heterocycles. The zero-order valence-electron chi connectivity index (χ0n) is 18.3. The molecule has 0 bridgehead atoms. The Morgan fingerprint density at radius 1 is 0.935 bits per heavy atom. The molecule has 0 atom stereocenters. The average molecular weight is 421 g/mol. The molecule has 0 unspecified atom stereocenters. The van der Waals surface area contributed by atoms with Gasteiger partial charge in [0.1, 0.15) is 0 Å². The van der Waals surface area contributed by atoms with E-state index >= 15 is 0 Å². The molecule has 1 saturated carbocycles. The van der Waals surface area contributed by atoms with Crippen LogP contribution in [0.25, 0.3) is 0 Å². The minimum absolute atomic E-state index is 0.106. The fourth-order valence-corrected chi connectivity index (χ4v) is 3.97. The van der Waals surface area contributed by atoms with E-state index in [9.17, 15) is 9.59 Å². The predicted molar refractivity (Wildman–Crippen MR) is 123 cm³/mol. The highest BCUT2D eigenvalue weighted by Crippen LogP contribution is 2.20. The summed E-state index contributed by atoms with van der Waals surface area (Å²) in [6.45, 7) is 6.69. The maximum atomic E-state index is 13.3. The van der Waals surface area contributed by atoms with Crippen LogP contribution in [0.2, 0.25) is 0 Å². The summed E-state index contributed by atoms with van der Waals surface area (Å²) in [7, 11) is 0. The van der Waals surface area contributed by atoms with Crippen molar-refractivity contribution in [1.29, 1.82) is 0 Å². The van der Waals surface area contributed by atoms with Gasteiger partial charge in [-0.2, -0.15) is 0 Å². The Hall–Kier alpha value is -2.70. The number of anilines is 1. The molecular formula is C25H32N4O2. The smallest absolute Gasteiger partial charge is 0.241 e. The maximum Gasteiger partial charge on any atom is 0.241 e. The van der Waals surface area contributed by atoms with Gasteiger partial charge in [-0.25, -0.2) is 0 Å². The van der Waals surface area contributed by atoms with Crippen LogP contribution in [0.1, 0.15) is 24.0 Å². The Morgan fingerprint density at radius 2 is 1.61 bits per heavy atom. The topological polar surface area (TPSA) is 55.9 Å². The maximum absolute atomic E-state index is 13.3. The van der Waals surface area contributed by atoms with E-state index in [2.05, 4.69) is 33.3 Å². The Kier molecular flexibility index (Phi) is 6.99. The normalized spacial score (nSPS) is 17.3. The largest absolute Gasteiger partial charge is 0.352 e. The van der Waals surface area contributed by atoms with Crippen molar-refractivity contribution in [2.75, 3.05) is 44.2 Å². The van der Waals surface area contributed by atoms with Gasteiger partial charge < -0.3 is 10.2 Å². The lowest BCUT2D eigenvalue weighted by atomic mass is 10.1. The van der Waals surface area contributed by atoms with E-state index in [4.69, 9.17) is 0 Å². The molecule has 6 heteroatoms.